The minimum atomic E-state index is -1.01. The van der Waals surface area contributed by atoms with Gasteiger partial charge in [0.25, 0.3) is 11.8 Å². The zero-order chi connectivity index (χ0) is 20.7. The van der Waals surface area contributed by atoms with Crippen LogP contribution in [0.2, 0.25) is 0 Å². The smallest absolute Gasteiger partial charge is 0.265 e. The van der Waals surface area contributed by atoms with Gasteiger partial charge < -0.3 is 10.2 Å². The van der Waals surface area contributed by atoms with Gasteiger partial charge in [0.2, 0.25) is 0 Å². The number of carbonyl (C=O) groups is 2. The monoisotopic (exact) mass is 411 g/mol. The minimum Gasteiger partial charge on any atom is -0.336 e. The molecule has 1 fully saturated rings. The fraction of sp³-hybridized carbons (Fsp3) is 0.190. The lowest BCUT2D eigenvalue weighted by Crippen LogP contribution is -2.49. The fourth-order valence-electron chi connectivity index (χ4n) is 3.16. The molecule has 2 aromatic carbocycles. The van der Waals surface area contributed by atoms with E-state index in [1.54, 1.807) is 6.07 Å². The summed E-state index contributed by atoms with van der Waals surface area (Å²) < 4.78 is 29.3. The van der Waals surface area contributed by atoms with E-state index >= 15 is 0 Å². The number of nitrogens with one attached hydrogen (secondary N) is 1. The van der Waals surface area contributed by atoms with E-state index in [1.807, 2.05) is 31.2 Å². The number of nitriles is 1. The average Bonchev–Trinajstić information content (AvgIpc) is 3.06. The molecule has 1 N–H and O–H groups in total. The molecule has 0 saturated carbocycles. The van der Waals surface area contributed by atoms with Crippen molar-refractivity contribution in [2.75, 3.05) is 18.4 Å². The van der Waals surface area contributed by atoms with Gasteiger partial charge in [0.1, 0.15) is 11.6 Å². The molecule has 146 valence electrons. The van der Waals surface area contributed by atoms with Crippen molar-refractivity contribution in [2.24, 2.45) is 5.92 Å². The van der Waals surface area contributed by atoms with Crippen LogP contribution in [0.1, 0.15) is 25.6 Å². The summed E-state index contributed by atoms with van der Waals surface area (Å²) in [7, 11) is 0. The third-order valence-corrected chi connectivity index (χ3v) is 5.90. The van der Waals surface area contributed by atoms with Crippen molar-refractivity contribution in [1.29, 1.82) is 5.26 Å². The van der Waals surface area contributed by atoms with E-state index in [-0.39, 0.29) is 30.3 Å². The van der Waals surface area contributed by atoms with Gasteiger partial charge >= 0.3 is 0 Å². The van der Waals surface area contributed by atoms with Crippen molar-refractivity contribution >= 4 is 38.9 Å². The lowest BCUT2D eigenvalue weighted by molar-refractivity contribution is 0.0572. The molecular formula is C21H15F2N3O2S. The van der Waals surface area contributed by atoms with E-state index in [2.05, 4.69) is 5.32 Å². The number of thiophene rings is 1. The van der Waals surface area contributed by atoms with Gasteiger partial charge in [-0.3, -0.25) is 9.59 Å². The Morgan fingerprint density at radius 3 is 2.66 bits per heavy atom. The van der Waals surface area contributed by atoms with Gasteiger partial charge in [-0.05, 0) is 30.5 Å². The summed E-state index contributed by atoms with van der Waals surface area (Å²) in [6.45, 7) is 2.35. The largest absolute Gasteiger partial charge is 0.336 e. The molecule has 0 unspecified atom stereocenters. The predicted octanol–water partition coefficient (Wildman–Crippen LogP) is 4.34. The number of aryl methyl sites for hydroxylation is 1. The summed E-state index contributed by atoms with van der Waals surface area (Å²) in [6.07, 6.45) is 0. The van der Waals surface area contributed by atoms with Crippen LogP contribution in [0.25, 0.3) is 10.1 Å². The number of halogens is 2. The summed E-state index contributed by atoms with van der Waals surface area (Å²) in [6, 6.07) is 11.1. The Bertz CT molecular complexity index is 1190. The maximum atomic E-state index is 14.2. The minimum absolute atomic E-state index is 0.203. The molecule has 29 heavy (non-hydrogen) atoms. The van der Waals surface area contributed by atoms with Crippen LogP contribution >= 0.6 is 11.3 Å². The zero-order valence-electron chi connectivity index (χ0n) is 15.3. The highest BCUT2D eigenvalue weighted by atomic mass is 32.1. The van der Waals surface area contributed by atoms with E-state index in [1.165, 1.54) is 16.2 Å². The van der Waals surface area contributed by atoms with Crippen molar-refractivity contribution in [1.82, 2.24) is 4.90 Å². The lowest BCUT2D eigenvalue weighted by atomic mass is 10.0. The first-order valence-corrected chi connectivity index (χ1v) is 9.67. The summed E-state index contributed by atoms with van der Waals surface area (Å²) in [5.41, 5.74) is 0.440. The molecule has 1 aromatic heterocycles. The number of rotatable bonds is 3. The number of fused-ring (bicyclic) bond motifs is 1. The standard InChI is InChI=1S/C21H15F2N3O2S/c1-11-2-3-18-13(4-11)5-19(29-18)20(27)25-17-6-14(15(22)7-16(17)23)21(28)26-9-12(8-24)10-26/h2-7,12H,9-10H2,1H3,(H,25,27). The molecule has 1 saturated heterocycles. The number of amides is 2. The summed E-state index contributed by atoms with van der Waals surface area (Å²) in [5.74, 6) is -3.44. The molecule has 5 nitrogen and oxygen atoms in total. The van der Waals surface area contributed by atoms with Crippen LogP contribution in [0.15, 0.2) is 36.4 Å². The maximum Gasteiger partial charge on any atom is 0.265 e. The Morgan fingerprint density at radius 2 is 1.93 bits per heavy atom. The summed E-state index contributed by atoms with van der Waals surface area (Å²) in [5, 5.41) is 12.1. The Morgan fingerprint density at radius 1 is 1.17 bits per heavy atom. The highest BCUT2D eigenvalue weighted by molar-refractivity contribution is 7.20. The molecule has 1 aliphatic heterocycles. The topological polar surface area (TPSA) is 73.2 Å². The molecular weight excluding hydrogens is 396 g/mol. The average molecular weight is 411 g/mol. The number of carbonyl (C=O) groups excluding carboxylic acids is 2. The molecule has 0 spiro atoms. The predicted molar refractivity (Wildman–Crippen MR) is 106 cm³/mol. The van der Waals surface area contributed by atoms with Gasteiger partial charge in [-0.1, -0.05) is 17.7 Å². The van der Waals surface area contributed by atoms with Crippen LogP contribution < -0.4 is 5.32 Å². The molecule has 3 aromatic rings. The Labute approximate surface area is 169 Å². The van der Waals surface area contributed by atoms with E-state index < -0.39 is 23.4 Å². The van der Waals surface area contributed by atoms with E-state index in [0.29, 0.717) is 10.9 Å². The lowest BCUT2D eigenvalue weighted by Gasteiger charge is -2.35. The van der Waals surface area contributed by atoms with Gasteiger partial charge in [0.05, 0.1) is 28.1 Å². The van der Waals surface area contributed by atoms with Crippen LogP contribution in [0.3, 0.4) is 0 Å². The van der Waals surface area contributed by atoms with Gasteiger partial charge in [0.15, 0.2) is 0 Å². The normalized spacial score (nSPS) is 13.8. The maximum absolute atomic E-state index is 14.2. The second-order valence-corrected chi connectivity index (χ2v) is 8.04. The summed E-state index contributed by atoms with van der Waals surface area (Å²) >= 11 is 1.26. The van der Waals surface area contributed by atoms with E-state index in [4.69, 9.17) is 5.26 Å². The molecule has 0 aliphatic carbocycles. The molecule has 2 amide bonds. The van der Waals surface area contributed by atoms with Crippen molar-refractivity contribution < 1.29 is 18.4 Å². The van der Waals surface area contributed by atoms with Crippen molar-refractivity contribution in [3.05, 3.63) is 64.0 Å². The van der Waals surface area contributed by atoms with E-state index in [0.717, 1.165) is 21.7 Å². The third-order valence-electron chi connectivity index (χ3n) is 4.78. The number of likely N-dealkylation sites (tertiary alicyclic amines) is 1. The fourth-order valence-corrected chi connectivity index (χ4v) is 4.10. The number of nitrogens with zero attached hydrogens (tertiary/aromatic N) is 2. The SMILES string of the molecule is Cc1ccc2sc(C(=O)Nc3cc(C(=O)N4CC(C#N)C4)c(F)cc3F)cc2c1. The van der Waals surface area contributed by atoms with Crippen LogP contribution in [-0.2, 0) is 0 Å². The quantitative estimate of drug-likeness (QED) is 0.697. The number of benzene rings is 2. The Balaban J connectivity index is 1.58. The molecule has 1 aliphatic rings. The second kappa shape index (κ2) is 7.26. The first-order chi connectivity index (χ1) is 13.9. The van der Waals surface area contributed by atoms with Crippen LogP contribution in [0.4, 0.5) is 14.5 Å². The molecule has 8 heteroatoms. The first kappa shape index (κ1) is 19.0. The number of anilines is 1. The van der Waals surface area contributed by atoms with Crippen LogP contribution in [0, 0.1) is 35.8 Å². The van der Waals surface area contributed by atoms with Gasteiger partial charge in [-0.2, -0.15) is 5.26 Å². The first-order valence-electron chi connectivity index (χ1n) is 8.85. The number of hydrogen-bond donors (Lipinski definition) is 1. The zero-order valence-corrected chi connectivity index (χ0v) is 16.1. The highest BCUT2D eigenvalue weighted by Gasteiger charge is 2.33. The Hall–Kier alpha value is -3.31. The van der Waals surface area contributed by atoms with Crippen molar-refractivity contribution in [3.63, 3.8) is 0 Å². The van der Waals surface area contributed by atoms with Crippen molar-refractivity contribution in [2.45, 2.75) is 6.92 Å². The second-order valence-electron chi connectivity index (χ2n) is 6.95. The molecule has 4 rings (SSSR count). The van der Waals surface area contributed by atoms with E-state index in [9.17, 15) is 18.4 Å². The molecule has 0 radical (unpaired) electrons. The number of hydrogen-bond acceptors (Lipinski definition) is 4. The molecule has 0 bridgehead atoms. The van der Waals surface area contributed by atoms with Gasteiger partial charge in [-0.15, -0.1) is 11.3 Å². The van der Waals surface area contributed by atoms with Gasteiger partial charge in [0, 0.05) is 23.9 Å². The highest BCUT2D eigenvalue weighted by Crippen LogP contribution is 2.29. The van der Waals surface area contributed by atoms with Crippen LogP contribution in [0.5, 0.6) is 0 Å². The molecule has 0 atom stereocenters. The summed E-state index contributed by atoms with van der Waals surface area (Å²) in [4.78, 5) is 26.7. The van der Waals surface area contributed by atoms with Crippen LogP contribution in [-0.4, -0.2) is 29.8 Å². The third kappa shape index (κ3) is 3.57. The van der Waals surface area contributed by atoms with Crippen molar-refractivity contribution in [3.8, 4) is 6.07 Å². The Kier molecular flexibility index (Phi) is 4.76. The molecule has 2 heterocycles. The van der Waals surface area contributed by atoms with Gasteiger partial charge in [-0.25, -0.2) is 8.78 Å².